The summed E-state index contributed by atoms with van der Waals surface area (Å²) in [6.07, 6.45) is 6.81. The minimum atomic E-state index is 0.461. The third kappa shape index (κ3) is 1.44. The molecule has 0 aromatic carbocycles. The highest BCUT2D eigenvalue weighted by atomic mass is 16.1. The zero-order valence-corrected chi connectivity index (χ0v) is 6.64. The number of carbonyl (C=O) groups is 1. The second kappa shape index (κ2) is 3.14. The van der Waals surface area contributed by atoms with Crippen LogP contribution in [0.15, 0.2) is 24.9 Å². The summed E-state index contributed by atoms with van der Waals surface area (Å²) in [5.74, 6) is 0.531. The van der Waals surface area contributed by atoms with Crippen LogP contribution in [-0.4, -0.2) is 26.2 Å². The molecule has 64 valence electrons. The van der Waals surface area contributed by atoms with Crippen LogP contribution in [0.3, 0.4) is 0 Å². The maximum atomic E-state index is 10.3. The molecular formula is C8H6N4O. The highest BCUT2D eigenvalue weighted by Gasteiger charge is 2.00. The molecule has 0 spiro atoms. The van der Waals surface area contributed by atoms with E-state index in [9.17, 15) is 4.79 Å². The number of rotatable bonds is 2. The van der Waals surface area contributed by atoms with Crippen molar-refractivity contribution in [3.05, 3.63) is 30.5 Å². The van der Waals surface area contributed by atoms with Crippen molar-refractivity contribution in [2.45, 2.75) is 0 Å². The smallest absolute Gasteiger partial charge is 0.177 e. The molecule has 0 aliphatic heterocycles. The lowest BCUT2D eigenvalue weighted by atomic mass is 10.3. The van der Waals surface area contributed by atoms with Crippen LogP contribution in [0.2, 0.25) is 0 Å². The molecule has 0 unspecified atom stereocenters. The zero-order valence-electron chi connectivity index (χ0n) is 6.64. The second-order valence-corrected chi connectivity index (χ2v) is 2.42. The van der Waals surface area contributed by atoms with Crippen LogP contribution in [0.4, 0.5) is 0 Å². The van der Waals surface area contributed by atoms with Crippen molar-refractivity contribution >= 4 is 6.29 Å². The van der Waals surface area contributed by atoms with Crippen molar-refractivity contribution in [2.75, 3.05) is 0 Å². The van der Waals surface area contributed by atoms with Crippen molar-refractivity contribution < 1.29 is 4.79 Å². The van der Waals surface area contributed by atoms with Gasteiger partial charge in [-0.1, -0.05) is 0 Å². The molecule has 0 saturated heterocycles. The van der Waals surface area contributed by atoms with Crippen molar-refractivity contribution in [2.24, 2.45) is 0 Å². The summed E-state index contributed by atoms with van der Waals surface area (Å²) in [5.41, 5.74) is 1.20. The number of nitrogens with one attached hydrogen (secondary N) is 1. The topological polar surface area (TPSA) is 71.5 Å². The predicted molar refractivity (Wildman–Crippen MR) is 45.0 cm³/mol. The molecule has 0 amide bonds. The van der Waals surface area contributed by atoms with Gasteiger partial charge >= 0.3 is 0 Å². The molecule has 5 heteroatoms. The third-order valence-electron chi connectivity index (χ3n) is 1.55. The predicted octanol–water partition coefficient (Wildman–Crippen LogP) is 0.679. The summed E-state index contributed by atoms with van der Waals surface area (Å²) >= 11 is 0. The number of carbonyl (C=O) groups excluding carboxylic acids is 1. The number of aromatic nitrogens is 4. The third-order valence-corrected chi connectivity index (χ3v) is 1.55. The number of hydrogen-bond acceptors (Lipinski definition) is 4. The second-order valence-electron chi connectivity index (χ2n) is 2.42. The molecule has 2 aromatic rings. The first kappa shape index (κ1) is 7.60. The maximum absolute atomic E-state index is 10.3. The standard InChI is InChI=1S/C8H6N4O/c13-4-6-1-10-8(11-2-6)7-3-9-5-12-7/h1-5H,(H,9,12). The van der Waals surface area contributed by atoms with Gasteiger partial charge in [0.2, 0.25) is 0 Å². The van der Waals surface area contributed by atoms with E-state index in [1.807, 2.05) is 0 Å². The fourth-order valence-electron chi connectivity index (χ4n) is 0.916. The van der Waals surface area contributed by atoms with Crippen molar-refractivity contribution in [3.63, 3.8) is 0 Å². The summed E-state index contributed by atoms with van der Waals surface area (Å²) < 4.78 is 0. The maximum Gasteiger partial charge on any atom is 0.177 e. The molecule has 0 fully saturated rings. The Kier molecular flexibility index (Phi) is 1.84. The Bertz CT molecular complexity index is 393. The molecule has 0 aliphatic rings. The van der Waals surface area contributed by atoms with E-state index in [1.165, 1.54) is 12.4 Å². The monoisotopic (exact) mass is 174 g/mol. The van der Waals surface area contributed by atoms with Crippen molar-refractivity contribution in [1.29, 1.82) is 0 Å². The Morgan fingerprint density at radius 3 is 2.54 bits per heavy atom. The Labute approximate surface area is 73.9 Å². The molecule has 2 rings (SSSR count). The van der Waals surface area contributed by atoms with Gasteiger partial charge in [-0.3, -0.25) is 4.79 Å². The van der Waals surface area contributed by atoms with Gasteiger partial charge in [-0.2, -0.15) is 0 Å². The average molecular weight is 174 g/mol. The zero-order chi connectivity index (χ0) is 9.10. The minimum absolute atomic E-state index is 0.461. The first-order valence-electron chi connectivity index (χ1n) is 3.66. The molecule has 2 heterocycles. The van der Waals surface area contributed by atoms with Crippen LogP contribution in [0.5, 0.6) is 0 Å². The summed E-state index contributed by atoms with van der Waals surface area (Å²) in [6, 6.07) is 0. The van der Waals surface area contributed by atoms with E-state index in [4.69, 9.17) is 0 Å². The Morgan fingerprint density at radius 2 is 2.00 bits per heavy atom. The highest BCUT2D eigenvalue weighted by Crippen LogP contribution is 2.08. The largest absolute Gasteiger partial charge is 0.342 e. The molecule has 0 saturated carbocycles. The molecule has 2 aromatic heterocycles. The van der Waals surface area contributed by atoms with Crippen LogP contribution in [0.1, 0.15) is 10.4 Å². The number of aromatic amines is 1. The first-order valence-corrected chi connectivity index (χ1v) is 3.66. The normalized spacial score (nSPS) is 9.85. The SMILES string of the molecule is O=Cc1cnc(-c2cnc[nH]2)nc1. The molecular weight excluding hydrogens is 168 g/mol. The van der Waals surface area contributed by atoms with Crippen LogP contribution >= 0.6 is 0 Å². The molecule has 0 bridgehead atoms. The fourth-order valence-corrected chi connectivity index (χ4v) is 0.916. The van der Waals surface area contributed by atoms with E-state index in [-0.39, 0.29) is 0 Å². The van der Waals surface area contributed by atoms with Gasteiger partial charge in [0.05, 0.1) is 18.1 Å². The molecule has 5 nitrogen and oxygen atoms in total. The van der Waals surface area contributed by atoms with Crippen LogP contribution < -0.4 is 0 Å². The molecule has 0 radical (unpaired) electrons. The quantitative estimate of drug-likeness (QED) is 0.679. The number of H-pyrrole nitrogens is 1. The Morgan fingerprint density at radius 1 is 1.23 bits per heavy atom. The summed E-state index contributed by atoms with van der Waals surface area (Å²) in [6.45, 7) is 0. The summed E-state index contributed by atoms with van der Waals surface area (Å²) in [5, 5.41) is 0. The summed E-state index contributed by atoms with van der Waals surface area (Å²) in [4.78, 5) is 25.0. The van der Waals surface area contributed by atoms with Crippen LogP contribution in [-0.2, 0) is 0 Å². The van der Waals surface area contributed by atoms with Crippen LogP contribution in [0, 0.1) is 0 Å². The Balaban J connectivity index is 2.38. The molecule has 0 atom stereocenters. The van der Waals surface area contributed by atoms with Crippen LogP contribution in [0.25, 0.3) is 11.5 Å². The van der Waals surface area contributed by atoms with E-state index in [0.29, 0.717) is 17.7 Å². The van der Waals surface area contributed by atoms with Gasteiger partial charge in [-0.05, 0) is 0 Å². The molecule has 1 N–H and O–H groups in total. The van der Waals surface area contributed by atoms with Crippen molar-refractivity contribution in [3.8, 4) is 11.5 Å². The van der Waals surface area contributed by atoms with Gasteiger partial charge in [0.25, 0.3) is 0 Å². The van der Waals surface area contributed by atoms with Gasteiger partial charge in [0.1, 0.15) is 5.69 Å². The van der Waals surface area contributed by atoms with E-state index in [0.717, 1.165) is 5.69 Å². The van der Waals surface area contributed by atoms with Crippen molar-refractivity contribution in [1.82, 2.24) is 19.9 Å². The summed E-state index contributed by atoms with van der Waals surface area (Å²) in [7, 11) is 0. The number of nitrogens with zero attached hydrogens (tertiary/aromatic N) is 3. The van der Waals surface area contributed by atoms with Gasteiger partial charge in [0, 0.05) is 12.4 Å². The van der Waals surface area contributed by atoms with Gasteiger partial charge in [-0.15, -0.1) is 0 Å². The number of aldehydes is 1. The minimum Gasteiger partial charge on any atom is -0.342 e. The number of hydrogen-bond donors (Lipinski definition) is 1. The van der Waals surface area contributed by atoms with Gasteiger partial charge in [-0.25, -0.2) is 15.0 Å². The lowest BCUT2D eigenvalue weighted by Crippen LogP contribution is -1.90. The lowest BCUT2D eigenvalue weighted by molar-refractivity contribution is 0.112. The van der Waals surface area contributed by atoms with E-state index < -0.39 is 0 Å². The van der Waals surface area contributed by atoms with Gasteiger partial charge in [0.15, 0.2) is 12.1 Å². The average Bonchev–Trinajstić information content (AvgIpc) is 2.71. The molecule has 0 aliphatic carbocycles. The highest BCUT2D eigenvalue weighted by molar-refractivity contribution is 5.73. The Hall–Kier alpha value is -2.04. The lowest BCUT2D eigenvalue weighted by Gasteiger charge is -1.94. The van der Waals surface area contributed by atoms with Gasteiger partial charge < -0.3 is 4.98 Å². The van der Waals surface area contributed by atoms with E-state index in [2.05, 4.69) is 19.9 Å². The van der Waals surface area contributed by atoms with E-state index in [1.54, 1.807) is 12.5 Å². The fraction of sp³-hybridized carbons (Fsp3) is 0. The van der Waals surface area contributed by atoms with E-state index >= 15 is 0 Å². The number of imidazole rings is 1. The first-order chi connectivity index (χ1) is 6.40. The molecule has 13 heavy (non-hydrogen) atoms.